The first kappa shape index (κ1) is 24.8. The van der Waals surface area contributed by atoms with Gasteiger partial charge in [0.1, 0.15) is 17.6 Å². The van der Waals surface area contributed by atoms with Crippen LogP contribution in [0.3, 0.4) is 0 Å². The van der Waals surface area contributed by atoms with E-state index in [1.807, 2.05) is 36.4 Å². The standard InChI is InChI=1S/C30H33N3O4/c34-29(24-11-9-22(10-12-24)21-7-8-21)33-27(30(35)36)19-20-5-15-26(16-6-20)37-18-2-4-25-14-13-23-3-1-17-31-28(23)32-25/h5-6,9-16,21,27H,1-4,7-8,17-19H2,(H,31,32)(H,33,34)(H,35,36)/t27-/m1/s1. The molecule has 1 atom stereocenters. The number of nitrogens with zero attached hydrogens (tertiary/aromatic N) is 1. The summed E-state index contributed by atoms with van der Waals surface area (Å²) in [6.45, 7) is 1.55. The number of carbonyl (C=O) groups excluding carboxylic acids is 1. The molecule has 2 heterocycles. The van der Waals surface area contributed by atoms with Crippen molar-refractivity contribution in [3.8, 4) is 5.75 Å². The molecule has 7 heteroatoms. The van der Waals surface area contributed by atoms with Gasteiger partial charge in [-0.15, -0.1) is 0 Å². The zero-order chi connectivity index (χ0) is 25.6. The summed E-state index contributed by atoms with van der Waals surface area (Å²) in [7, 11) is 0. The van der Waals surface area contributed by atoms with Crippen molar-refractivity contribution in [2.45, 2.75) is 56.9 Å². The van der Waals surface area contributed by atoms with E-state index >= 15 is 0 Å². The van der Waals surface area contributed by atoms with E-state index in [0.717, 1.165) is 55.1 Å². The largest absolute Gasteiger partial charge is 0.494 e. The lowest BCUT2D eigenvalue weighted by atomic mass is 10.0. The normalized spacial score (nSPS) is 15.2. The van der Waals surface area contributed by atoms with E-state index in [-0.39, 0.29) is 12.3 Å². The van der Waals surface area contributed by atoms with Gasteiger partial charge in [-0.1, -0.05) is 30.3 Å². The SMILES string of the molecule is O=C(N[C@H](Cc1ccc(OCCCc2ccc3c(n2)NCCC3)cc1)C(=O)O)c1ccc(C2CC2)cc1. The van der Waals surface area contributed by atoms with Crippen molar-refractivity contribution in [1.29, 1.82) is 0 Å². The molecular weight excluding hydrogens is 466 g/mol. The Morgan fingerprint density at radius 2 is 1.84 bits per heavy atom. The minimum atomic E-state index is -1.06. The van der Waals surface area contributed by atoms with Gasteiger partial charge in [-0.25, -0.2) is 9.78 Å². The summed E-state index contributed by atoms with van der Waals surface area (Å²) in [5, 5.41) is 15.7. The highest BCUT2D eigenvalue weighted by Gasteiger charge is 2.24. The van der Waals surface area contributed by atoms with Gasteiger partial charge in [0.25, 0.3) is 5.91 Å². The third-order valence-electron chi connectivity index (χ3n) is 6.99. The van der Waals surface area contributed by atoms with Gasteiger partial charge in [-0.05, 0) is 91.5 Å². The highest BCUT2D eigenvalue weighted by Crippen LogP contribution is 2.39. The molecule has 0 spiro atoms. The minimum Gasteiger partial charge on any atom is -0.494 e. The molecule has 1 fully saturated rings. The molecule has 1 amide bonds. The second-order valence-corrected chi connectivity index (χ2v) is 9.90. The molecule has 0 bridgehead atoms. The van der Waals surface area contributed by atoms with Crippen LogP contribution < -0.4 is 15.4 Å². The van der Waals surface area contributed by atoms with Crippen molar-refractivity contribution < 1.29 is 19.4 Å². The zero-order valence-electron chi connectivity index (χ0n) is 20.9. The molecule has 3 N–H and O–H groups in total. The highest BCUT2D eigenvalue weighted by molar-refractivity contribution is 5.96. The van der Waals surface area contributed by atoms with E-state index in [1.165, 1.54) is 24.0 Å². The number of aryl methyl sites for hydroxylation is 2. The number of aromatic nitrogens is 1. The third-order valence-corrected chi connectivity index (χ3v) is 6.99. The number of fused-ring (bicyclic) bond motifs is 1. The molecule has 3 aromatic rings. The maximum absolute atomic E-state index is 12.6. The molecule has 37 heavy (non-hydrogen) atoms. The van der Waals surface area contributed by atoms with Gasteiger partial charge in [0.05, 0.1) is 6.61 Å². The van der Waals surface area contributed by atoms with E-state index in [1.54, 1.807) is 12.1 Å². The van der Waals surface area contributed by atoms with Gasteiger partial charge in [-0.2, -0.15) is 0 Å². The van der Waals surface area contributed by atoms with E-state index < -0.39 is 12.0 Å². The fourth-order valence-electron chi connectivity index (χ4n) is 4.67. The summed E-state index contributed by atoms with van der Waals surface area (Å²) in [5.41, 5.74) is 4.88. The molecule has 1 aliphatic carbocycles. The van der Waals surface area contributed by atoms with Crippen LogP contribution in [-0.4, -0.2) is 41.2 Å². The maximum Gasteiger partial charge on any atom is 0.326 e. The summed E-state index contributed by atoms with van der Waals surface area (Å²) in [5.74, 6) is 0.922. The third kappa shape index (κ3) is 6.67. The summed E-state index contributed by atoms with van der Waals surface area (Å²) in [4.78, 5) is 29.1. The number of anilines is 1. The van der Waals surface area contributed by atoms with Gasteiger partial charge < -0.3 is 20.5 Å². The van der Waals surface area contributed by atoms with Crippen LogP contribution in [-0.2, 0) is 24.1 Å². The Labute approximate surface area is 217 Å². The van der Waals surface area contributed by atoms with Crippen molar-refractivity contribution in [2.75, 3.05) is 18.5 Å². The van der Waals surface area contributed by atoms with E-state index in [4.69, 9.17) is 9.72 Å². The van der Waals surface area contributed by atoms with E-state index in [9.17, 15) is 14.7 Å². The number of benzene rings is 2. The number of hydrogen-bond donors (Lipinski definition) is 3. The van der Waals surface area contributed by atoms with Gasteiger partial charge in [0.2, 0.25) is 0 Å². The van der Waals surface area contributed by atoms with Crippen molar-refractivity contribution in [1.82, 2.24) is 10.3 Å². The van der Waals surface area contributed by atoms with Crippen LogP contribution in [0, 0.1) is 0 Å². The molecule has 7 nitrogen and oxygen atoms in total. The number of hydrogen-bond acceptors (Lipinski definition) is 5. The predicted molar refractivity (Wildman–Crippen MR) is 142 cm³/mol. The molecular formula is C30H33N3O4. The zero-order valence-corrected chi connectivity index (χ0v) is 20.9. The predicted octanol–water partition coefficient (Wildman–Crippen LogP) is 4.75. The van der Waals surface area contributed by atoms with Crippen LogP contribution in [0.5, 0.6) is 5.75 Å². The second-order valence-electron chi connectivity index (χ2n) is 9.90. The van der Waals surface area contributed by atoms with Crippen molar-refractivity contribution in [3.05, 3.63) is 88.6 Å². The molecule has 0 saturated heterocycles. The van der Waals surface area contributed by atoms with Gasteiger partial charge >= 0.3 is 5.97 Å². The number of nitrogens with one attached hydrogen (secondary N) is 2. The Morgan fingerprint density at radius 1 is 1.05 bits per heavy atom. The van der Waals surface area contributed by atoms with Crippen LogP contribution in [0.1, 0.15) is 64.3 Å². The van der Waals surface area contributed by atoms with Crippen LogP contribution in [0.15, 0.2) is 60.7 Å². The smallest absolute Gasteiger partial charge is 0.326 e. The Hall–Kier alpha value is -3.87. The lowest BCUT2D eigenvalue weighted by molar-refractivity contribution is -0.139. The number of carboxylic acid groups (broad SMARTS) is 1. The Balaban J connectivity index is 1.08. The van der Waals surface area contributed by atoms with Crippen LogP contribution in [0.4, 0.5) is 5.82 Å². The van der Waals surface area contributed by atoms with Gasteiger partial charge in [0, 0.05) is 24.2 Å². The molecule has 2 aliphatic rings. The first-order valence-corrected chi connectivity index (χ1v) is 13.1. The van der Waals surface area contributed by atoms with Crippen LogP contribution in [0.25, 0.3) is 0 Å². The molecule has 192 valence electrons. The number of carbonyl (C=O) groups is 2. The fraction of sp³-hybridized carbons (Fsp3) is 0.367. The van der Waals surface area contributed by atoms with Gasteiger partial charge in [0.15, 0.2) is 0 Å². The number of aliphatic carboxylic acids is 1. The molecule has 5 rings (SSSR count). The first-order valence-electron chi connectivity index (χ1n) is 13.1. The fourth-order valence-corrected chi connectivity index (χ4v) is 4.67. The second kappa shape index (κ2) is 11.5. The number of pyridine rings is 1. The summed E-state index contributed by atoms with van der Waals surface area (Å²) >= 11 is 0. The Bertz CT molecular complexity index is 1240. The molecule has 1 saturated carbocycles. The molecule has 0 unspecified atom stereocenters. The van der Waals surface area contributed by atoms with Crippen molar-refractivity contribution in [2.24, 2.45) is 0 Å². The number of rotatable bonds is 11. The number of amides is 1. The lowest BCUT2D eigenvalue weighted by Crippen LogP contribution is -2.42. The summed E-state index contributed by atoms with van der Waals surface area (Å²) in [6, 6.07) is 18.1. The quantitative estimate of drug-likeness (QED) is 0.329. The van der Waals surface area contributed by atoms with E-state index in [0.29, 0.717) is 18.1 Å². The molecule has 0 radical (unpaired) electrons. The molecule has 1 aliphatic heterocycles. The lowest BCUT2D eigenvalue weighted by Gasteiger charge is -2.17. The van der Waals surface area contributed by atoms with Crippen LogP contribution >= 0.6 is 0 Å². The first-order chi connectivity index (χ1) is 18.0. The average molecular weight is 500 g/mol. The Morgan fingerprint density at radius 3 is 2.57 bits per heavy atom. The van der Waals surface area contributed by atoms with Gasteiger partial charge in [-0.3, -0.25) is 4.79 Å². The van der Waals surface area contributed by atoms with E-state index in [2.05, 4.69) is 22.8 Å². The Kier molecular flexibility index (Phi) is 7.68. The highest BCUT2D eigenvalue weighted by atomic mass is 16.5. The molecule has 2 aromatic carbocycles. The number of carboxylic acids is 1. The topological polar surface area (TPSA) is 101 Å². The van der Waals surface area contributed by atoms with Crippen molar-refractivity contribution >= 4 is 17.7 Å². The summed E-state index contributed by atoms with van der Waals surface area (Å²) < 4.78 is 5.87. The monoisotopic (exact) mass is 499 g/mol. The molecule has 1 aromatic heterocycles. The minimum absolute atomic E-state index is 0.194. The number of ether oxygens (including phenoxy) is 1. The summed E-state index contributed by atoms with van der Waals surface area (Å²) in [6.07, 6.45) is 6.52. The maximum atomic E-state index is 12.6. The average Bonchev–Trinajstić information content (AvgIpc) is 3.77. The van der Waals surface area contributed by atoms with Crippen LogP contribution in [0.2, 0.25) is 0 Å². The van der Waals surface area contributed by atoms with Crippen molar-refractivity contribution in [3.63, 3.8) is 0 Å².